The van der Waals surface area contributed by atoms with E-state index in [0.717, 1.165) is 18.7 Å². The third-order valence-electron chi connectivity index (χ3n) is 2.26. The monoisotopic (exact) mass is 252 g/mol. The van der Waals surface area contributed by atoms with E-state index in [2.05, 4.69) is 24.1 Å². The van der Waals surface area contributed by atoms with Crippen molar-refractivity contribution in [3.63, 3.8) is 0 Å². The first-order valence-electron chi connectivity index (χ1n) is 5.76. The van der Waals surface area contributed by atoms with Crippen molar-refractivity contribution >= 4 is 10.0 Å². The van der Waals surface area contributed by atoms with Gasteiger partial charge in [0.15, 0.2) is 6.29 Å². The summed E-state index contributed by atoms with van der Waals surface area (Å²) in [5.41, 5.74) is 5.39. The minimum atomic E-state index is -0.723. The van der Waals surface area contributed by atoms with Crippen LogP contribution < -0.4 is 11.1 Å². The number of aliphatic hydroxyl groups is 1. The number of aliphatic hydroxyl groups excluding tert-OH is 1. The van der Waals surface area contributed by atoms with Gasteiger partial charge in [-0.25, -0.2) is 10.0 Å². The van der Waals surface area contributed by atoms with Crippen LogP contribution >= 0.6 is 10.0 Å². The Morgan fingerprint density at radius 3 is 2.50 bits per heavy atom. The summed E-state index contributed by atoms with van der Waals surface area (Å²) in [6.45, 7) is 4.04. The van der Waals surface area contributed by atoms with Crippen LogP contribution in [-0.4, -0.2) is 61.7 Å². The minimum absolute atomic E-state index is 0.0403. The minimum Gasteiger partial charge on any atom is -0.367 e. The highest BCUT2D eigenvalue weighted by molar-refractivity contribution is 8.32. The third-order valence-corrected chi connectivity index (χ3v) is 3.65. The molecular formula is C11H28N2O2S. The molecule has 0 bridgehead atoms. The standard InChI is InChI=1S/C11H28N2O2S/c1-10(13-7-5-6-12)11(14)15-8-9-16(2,3)4/h10-11,13-14H,5-9,12H2,1-4H3. The van der Waals surface area contributed by atoms with E-state index in [0.29, 0.717) is 13.2 Å². The van der Waals surface area contributed by atoms with Gasteiger partial charge in [0.05, 0.1) is 12.6 Å². The second-order valence-corrected chi connectivity index (χ2v) is 9.53. The van der Waals surface area contributed by atoms with Crippen LogP contribution in [0.4, 0.5) is 0 Å². The summed E-state index contributed by atoms with van der Waals surface area (Å²) in [4.78, 5) is 0. The van der Waals surface area contributed by atoms with Crippen molar-refractivity contribution in [2.75, 3.05) is 44.2 Å². The van der Waals surface area contributed by atoms with E-state index in [-0.39, 0.29) is 6.04 Å². The van der Waals surface area contributed by atoms with E-state index in [1.165, 1.54) is 0 Å². The average molecular weight is 252 g/mol. The van der Waals surface area contributed by atoms with Gasteiger partial charge in [-0.2, -0.15) is 0 Å². The molecule has 0 aliphatic heterocycles. The third kappa shape index (κ3) is 9.42. The molecule has 100 valence electrons. The Labute approximate surface area is 101 Å². The number of hydrogen-bond donors (Lipinski definition) is 3. The van der Waals surface area contributed by atoms with Gasteiger partial charge in [0.2, 0.25) is 0 Å². The Bertz CT molecular complexity index is 174. The van der Waals surface area contributed by atoms with Crippen LogP contribution in [0, 0.1) is 0 Å². The molecule has 2 unspecified atom stereocenters. The van der Waals surface area contributed by atoms with Crippen LogP contribution in [0.5, 0.6) is 0 Å². The second-order valence-electron chi connectivity index (χ2n) is 4.94. The van der Waals surface area contributed by atoms with Gasteiger partial charge in [0, 0.05) is 5.75 Å². The molecule has 0 rings (SSSR count). The van der Waals surface area contributed by atoms with Crippen molar-refractivity contribution in [3.05, 3.63) is 0 Å². The lowest BCUT2D eigenvalue weighted by molar-refractivity contribution is -0.111. The van der Waals surface area contributed by atoms with Gasteiger partial charge in [-0.1, -0.05) is 0 Å². The smallest absolute Gasteiger partial charge is 0.169 e. The summed E-state index contributed by atoms with van der Waals surface area (Å²) in [5.74, 6) is 1.03. The Kier molecular flexibility index (Phi) is 8.40. The van der Waals surface area contributed by atoms with Gasteiger partial charge in [0.1, 0.15) is 0 Å². The van der Waals surface area contributed by atoms with Gasteiger partial charge in [0.25, 0.3) is 0 Å². The van der Waals surface area contributed by atoms with Crippen LogP contribution in [0.2, 0.25) is 0 Å². The summed E-state index contributed by atoms with van der Waals surface area (Å²) in [7, 11) is -0.539. The highest BCUT2D eigenvalue weighted by Crippen LogP contribution is 2.33. The maximum atomic E-state index is 9.71. The molecule has 5 heteroatoms. The average Bonchev–Trinajstić information content (AvgIpc) is 2.15. The van der Waals surface area contributed by atoms with Gasteiger partial charge in [-0.3, -0.25) is 0 Å². The molecule has 4 nitrogen and oxygen atoms in total. The quantitative estimate of drug-likeness (QED) is 0.409. The summed E-state index contributed by atoms with van der Waals surface area (Å²) in [6.07, 6.45) is 6.92. The van der Waals surface area contributed by atoms with Crippen molar-refractivity contribution in [1.29, 1.82) is 0 Å². The maximum absolute atomic E-state index is 9.71. The fourth-order valence-corrected chi connectivity index (χ4v) is 1.69. The van der Waals surface area contributed by atoms with Crippen LogP contribution in [0.1, 0.15) is 13.3 Å². The number of ether oxygens (including phenoxy) is 1. The lowest BCUT2D eigenvalue weighted by Gasteiger charge is -2.27. The van der Waals surface area contributed by atoms with Crippen LogP contribution in [0.15, 0.2) is 0 Å². The van der Waals surface area contributed by atoms with Crippen molar-refractivity contribution in [3.8, 4) is 0 Å². The van der Waals surface area contributed by atoms with Crippen LogP contribution in [-0.2, 0) is 4.74 Å². The maximum Gasteiger partial charge on any atom is 0.169 e. The summed E-state index contributed by atoms with van der Waals surface area (Å²) in [5, 5.41) is 12.9. The van der Waals surface area contributed by atoms with Crippen molar-refractivity contribution in [1.82, 2.24) is 5.32 Å². The van der Waals surface area contributed by atoms with Gasteiger partial charge >= 0.3 is 0 Å². The van der Waals surface area contributed by atoms with Crippen molar-refractivity contribution < 1.29 is 9.84 Å². The normalized spacial score (nSPS) is 17.1. The van der Waals surface area contributed by atoms with E-state index in [1.807, 2.05) is 6.92 Å². The van der Waals surface area contributed by atoms with Gasteiger partial charge in [-0.15, -0.1) is 0 Å². The van der Waals surface area contributed by atoms with Crippen molar-refractivity contribution in [2.24, 2.45) is 5.73 Å². The Hall–Kier alpha value is 0.190. The lowest BCUT2D eigenvalue weighted by Crippen LogP contribution is -2.40. The molecule has 16 heavy (non-hydrogen) atoms. The molecule has 0 amide bonds. The molecule has 0 aliphatic rings. The molecule has 0 aliphatic carbocycles. The Morgan fingerprint density at radius 1 is 1.38 bits per heavy atom. The first-order chi connectivity index (χ1) is 7.37. The second kappa shape index (κ2) is 8.31. The molecule has 4 N–H and O–H groups in total. The highest BCUT2D eigenvalue weighted by Gasteiger charge is 2.14. The SMILES string of the molecule is CC(NCCCN)C(O)OCCS(C)(C)C. The van der Waals surface area contributed by atoms with Gasteiger partial charge in [-0.05, 0) is 45.2 Å². The van der Waals surface area contributed by atoms with E-state index in [1.54, 1.807) is 0 Å². The first-order valence-corrected chi connectivity index (χ1v) is 8.78. The molecule has 0 aromatic carbocycles. The highest BCUT2D eigenvalue weighted by atomic mass is 32.3. The zero-order chi connectivity index (χ0) is 12.6. The van der Waals surface area contributed by atoms with E-state index >= 15 is 0 Å². The molecule has 0 aromatic heterocycles. The van der Waals surface area contributed by atoms with Crippen LogP contribution in [0.25, 0.3) is 0 Å². The number of hydrogen-bond acceptors (Lipinski definition) is 4. The number of rotatable bonds is 9. The predicted molar refractivity (Wildman–Crippen MR) is 73.3 cm³/mol. The topological polar surface area (TPSA) is 67.5 Å². The predicted octanol–water partition coefficient (Wildman–Crippen LogP) is 0.342. The molecule has 0 saturated carbocycles. The number of nitrogens with two attached hydrogens (primary N) is 1. The molecular weight excluding hydrogens is 224 g/mol. The lowest BCUT2D eigenvalue weighted by atomic mass is 10.3. The van der Waals surface area contributed by atoms with E-state index in [4.69, 9.17) is 10.5 Å². The summed E-state index contributed by atoms with van der Waals surface area (Å²) in [6, 6.07) is -0.0403. The largest absolute Gasteiger partial charge is 0.367 e. The molecule has 0 saturated heterocycles. The molecule has 0 fully saturated rings. The molecule has 0 aromatic rings. The fourth-order valence-electron chi connectivity index (χ4n) is 1.10. The Balaban J connectivity index is 3.58. The molecule has 0 spiro atoms. The number of nitrogens with one attached hydrogen (secondary N) is 1. The zero-order valence-electron chi connectivity index (χ0n) is 11.0. The summed E-state index contributed by atoms with van der Waals surface area (Å²) >= 11 is 0. The Morgan fingerprint density at radius 2 is 2.00 bits per heavy atom. The molecule has 0 radical (unpaired) electrons. The molecule has 2 atom stereocenters. The fraction of sp³-hybridized carbons (Fsp3) is 1.00. The van der Waals surface area contributed by atoms with Crippen molar-refractivity contribution in [2.45, 2.75) is 25.7 Å². The van der Waals surface area contributed by atoms with E-state index < -0.39 is 16.3 Å². The zero-order valence-corrected chi connectivity index (χ0v) is 11.8. The van der Waals surface area contributed by atoms with E-state index in [9.17, 15) is 5.11 Å². The first kappa shape index (κ1) is 16.2. The van der Waals surface area contributed by atoms with Crippen LogP contribution in [0.3, 0.4) is 0 Å². The van der Waals surface area contributed by atoms with Gasteiger partial charge < -0.3 is 20.9 Å². The molecule has 0 heterocycles. The summed E-state index contributed by atoms with van der Waals surface area (Å²) < 4.78 is 5.39.